The topological polar surface area (TPSA) is 76.1 Å². The van der Waals surface area contributed by atoms with Gasteiger partial charge in [0, 0.05) is 0 Å². The Morgan fingerprint density at radius 2 is 2.00 bits per heavy atom. The molecule has 1 saturated heterocycles. The van der Waals surface area contributed by atoms with E-state index in [2.05, 4.69) is 0 Å². The Hall–Kier alpha value is -1.30. The molecule has 6 heteroatoms. The summed E-state index contributed by atoms with van der Waals surface area (Å²) in [5.74, 6) is -0.963. The number of hydrogen-bond acceptors (Lipinski definition) is 4. The van der Waals surface area contributed by atoms with Crippen molar-refractivity contribution in [3.05, 3.63) is 0 Å². The van der Waals surface area contributed by atoms with Gasteiger partial charge in [0.05, 0.1) is 19.1 Å². The van der Waals surface area contributed by atoms with Crippen molar-refractivity contribution in [2.45, 2.75) is 58.4 Å². The SMILES string of the molecule is CC(C)(C)OC(=O)N1[C@@H](CC(=O)O)COC1(C)C. The first-order valence-electron chi connectivity index (χ1n) is 5.91. The van der Waals surface area contributed by atoms with Gasteiger partial charge in [-0.25, -0.2) is 4.79 Å². The van der Waals surface area contributed by atoms with Gasteiger partial charge in [-0.15, -0.1) is 0 Å². The maximum Gasteiger partial charge on any atom is 0.412 e. The largest absolute Gasteiger partial charge is 0.481 e. The van der Waals surface area contributed by atoms with Crippen molar-refractivity contribution in [1.29, 1.82) is 0 Å². The maximum atomic E-state index is 12.1. The second-order valence-corrected chi connectivity index (χ2v) is 5.86. The molecule has 104 valence electrons. The van der Waals surface area contributed by atoms with Crippen molar-refractivity contribution < 1.29 is 24.2 Å². The quantitative estimate of drug-likeness (QED) is 0.818. The zero-order valence-electron chi connectivity index (χ0n) is 11.5. The van der Waals surface area contributed by atoms with E-state index in [1.807, 2.05) is 0 Å². The lowest BCUT2D eigenvalue weighted by Gasteiger charge is -2.34. The first-order valence-corrected chi connectivity index (χ1v) is 5.91. The summed E-state index contributed by atoms with van der Waals surface area (Å²) >= 11 is 0. The molecule has 6 nitrogen and oxygen atoms in total. The monoisotopic (exact) mass is 259 g/mol. The standard InChI is InChI=1S/C12H21NO5/c1-11(2,3)18-10(16)13-8(6-9(14)15)7-17-12(13,4)5/h8H,6-7H2,1-5H3,(H,14,15)/t8-/m0/s1. The van der Waals surface area contributed by atoms with E-state index < -0.39 is 29.4 Å². The maximum absolute atomic E-state index is 12.1. The molecule has 1 rings (SSSR count). The number of carboxylic acids is 1. The van der Waals surface area contributed by atoms with Crippen LogP contribution < -0.4 is 0 Å². The summed E-state index contributed by atoms with van der Waals surface area (Å²) < 4.78 is 10.7. The molecule has 0 bridgehead atoms. The molecule has 0 aromatic carbocycles. The van der Waals surface area contributed by atoms with E-state index in [1.165, 1.54) is 4.90 Å². The van der Waals surface area contributed by atoms with E-state index in [1.54, 1.807) is 34.6 Å². The number of aliphatic carboxylic acids is 1. The second-order valence-electron chi connectivity index (χ2n) is 5.86. The fraction of sp³-hybridized carbons (Fsp3) is 0.833. The Morgan fingerprint density at radius 3 is 2.44 bits per heavy atom. The minimum absolute atomic E-state index is 0.150. The lowest BCUT2D eigenvalue weighted by Crippen LogP contribution is -2.50. The molecule has 0 radical (unpaired) electrons. The number of rotatable bonds is 2. The Morgan fingerprint density at radius 1 is 1.44 bits per heavy atom. The molecule has 0 unspecified atom stereocenters. The van der Waals surface area contributed by atoms with Gasteiger partial charge in [-0.05, 0) is 34.6 Å². The molecule has 0 aromatic rings. The molecule has 1 aliphatic rings. The van der Waals surface area contributed by atoms with E-state index in [0.717, 1.165) is 0 Å². The third-order valence-corrected chi connectivity index (χ3v) is 2.57. The average molecular weight is 259 g/mol. The molecule has 1 N–H and O–H groups in total. The second kappa shape index (κ2) is 4.76. The normalized spacial score (nSPS) is 22.9. The van der Waals surface area contributed by atoms with Crippen molar-refractivity contribution in [2.24, 2.45) is 0 Å². The molecule has 1 atom stereocenters. The summed E-state index contributed by atoms with van der Waals surface area (Å²) in [5, 5.41) is 8.84. The molecule has 1 fully saturated rings. The Kier molecular flexibility index (Phi) is 3.90. The fourth-order valence-corrected chi connectivity index (χ4v) is 1.92. The lowest BCUT2D eigenvalue weighted by atomic mass is 10.1. The van der Waals surface area contributed by atoms with Crippen molar-refractivity contribution in [3.8, 4) is 0 Å². The summed E-state index contributed by atoms with van der Waals surface area (Å²) in [6.07, 6.45) is -0.695. The van der Waals surface area contributed by atoms with E-state index in [0.29, 0.717) is 0 Å². The summed E-state index contributed by atoms with van der Waals surface area (Å²) in [6.45, 7) is 8.94. The van der Waals surface area contributed by atoms with Crippen LogP contribution in [0.1, 0.15) is 41.0 Å². The molecular weight excluding hydrogens is 238 g/mol. The zero-order chi connectivity index (χ0) is 14.1. The smallest absolute Gasteiger partial charge is 0.412 e. The number of amides is 1. The van der Waals surface area contributed by atoms with Crippen molar-refractivity contribution in [3.63, 3.8) is 0 Å². The van der Waals surface area contributed by atoms with Gasteiger partial charge in [0.2, 0.25) is 0 Å². The van der Waals surface area contributed by atoms with Crippen LogP contribution in [0.5, 0.6) is 0 Å². The summed E-state index contributed by atoms with van der Waals surface area (Å²) in [7, 11) is 0. The van der Waals surface area contributed by atoms with Gasteiger partial charge in [-0.2, -0.15) is 0 Å². The van der Waals surface area contributed by atoms with E-state index in [4.69, 9.17) is 14.6 Å². The number of carbonyl (C=O) groups excluding carboxylic acids is 1. The number of carboxylic acid groups (broad SMARTS) is 1. The van der Waals surface area contributed by atoms with Gasteiger partial charge in [0.1, 0.15) is 11.3 Å². The van der Waals surface area contributed by atoms with Gasteiger partial charge < -0.3 is 14.6 Å². The van der Waals surface area contributed by atoms with Crippen LogP contribution in [-0.2, 0) is 14.3 Å². The van der Waals surface area contributed by atoms with Gasteiger partial charge in [-0.1, -0.05) is 0 Å². The van der Waals surface area contributed by atoms with Gasteiger partial charge in [0.15, 0.2) is 0 Å². The van der Waals surface area contributed by atoms with Gasteiger partial charge in [-0.3, -0.25) is 9.69 Å². The Labute approximate surface area is 107 Å². The zero-order valence-corrected chi connectivity index (χ0v) is 11.5. The number of carbonyl (C=O) groups is 2. The molecule has 0 spiro atoms. The third kappa shape index (κ3) is 3.60. The predicted octanol–water partition coefficient (Wildman–Crippen LogP) is 1.83. The minimum Gasteiger partial charge on any atom is -0.481 e. The summed E-state index contributed by atoms with van der Waals surface area (Å²) in [6, 6.07) is -0.493. The molecule has 1 heterocycles. The summed E-state index contributed by atoms with van der Waals surface area (Å²) in [5.41, 5.74) is -1.47. The van der Waals surface area contributed by atoms with Crippen LogP contribution in [0.15, 0.2) is 0 Å². The molecular formula is C12H21NO5. The Bertz CT molecular complexity index is 345. The van der Waals surface area contributed by atoms with Crippen LogP contribution in [-0.4, -0.2) is 46.0 Å². The number of ether oxygens (including phenoxy) is 2. The first-order chi connectivity index (χ1) is 8.03. The highest BCUT2D eigenvalue weighted by molar-refractivity contribution is 5.72. The van der Waals surface area contributed by atoms with Crippen molar-refractivity contribution in [2.75, 3.05) is 6.61 Å². The van der Waals surface area contributed by atoms with Crippen LogP contribution in [0, 0.1) is 0 Å². The molecule has 1 amide bonds. The fourth-order valence-electron chi connectivity index (χ4n) is 1.92. The number of hydrogen-bond donors (Lipinski definition) is 1. The molecule has 18 heavy (non-hydrogen) atoms. The predicted molar refractivity (Wildman–Crippen MR) is 64.1 cm³/mol. The number of nitrogens with zero attached hydrogens (tertiary/aromatic N) is 1. The van der Waals surface area contributed by atoms with E-state index in [9.17, 15) is 9.59 Å². The van der Waals surface area contributed by atoms with Crippen molar-refractivity contribution in [1.82, 2.24) is 4.90 Å². The highest BCUT2D eigenvalue weighted by Gasteiger charge is 2.46. The van der Waals surface area contributed by atoms with Gasteiger partial charge >= 0.3 is 12.1 Å². The van der Waals surface area contributed by atoms with E-state index in [-0.39, 0.29) is 13.0 Å². The highest BCUT2D eigenvalue weighted by atomic mass is 16.6. The third-order valence-electron chi connectivity index (χ3n) is 2.57. The lowest BCUT2D eigenvalue weighted by molar-refractivity contribution is -0.138. The van der Waals surface area contributed by atoms with E-state index >= 15 is 0 Å². The van der Waals surface area contributed by atoms with Crippen LogP contribution in [0.3, 0.4) is 0 Å². The van der Waals surface area contributed by atoms with Crippen LogP contribution >= 0.6 is 0 Å². The van der Waals surface area contributed by atoms with Gasteiger partial charge in [0.25, 0.3) is 0 Å². The average Bonchev–Trinajstić information content (AvgIpc) is 2.36. The van der Waals surface area contributed by atoms with Crippen LogP contribution in [0.25, 0.3) is 0 Å². The molecule has 0 aliphatic carbocycles. The Balaban J connectivity index is 2.85. The first kappa shape index (κ1) is 14.8. The molecule has 1 aliphatic heterocycles. The molecule has 0 saturated carbocycles. The van der Waals surface area contributed by atoms with Crippen LogP contribution in [0.2, 0.25) is 0 Å². The van der Waals surface area contributed by atoms with Crippen LogP contribution in [0.4, 0.5) is 4.79 Å². The minimum atomic E-state index is -0.963. The van der Waals surface area contributed by atoms with Crippen molar-refractivity contribution >= 4 is 12.1 Å². The highest BCUT2D eigenvalue weighted by Crippen LogP contribution is 2.30. The molecule has 0 aromatic heterocycles. The summed E-state index contributed by atoms with van der Waals surface area (Å²) in [4.78, 5) is 24.3.